The van der Waals surface area contributed by atoms with Crippen molar-refractivity contribution in [3.8, 4) is 0 Å². The molecule has 7 nitrogen and oxygen atoms in total. The minimum atomic E-state index is -0.844. The molecule has 0 radical (unpaired) electrons. The van der Waals surface area contributed by atoms with Gasteiger partial charge in [0.2, 0.25) is 0 Å². The van der Waals surface area contributed by atoms with Crippen molar-refractivity contribution in [2.45, 2.75) is 70.0 Å². The SMILES string of the molecule is CC1(C)NC(=O)N(CCCN2C(C(=O)O)CC3CCCCC32)C1=O.Cl. The molecule has 25 heavy (non-hydrogen) atoms. The van der Waals surface area contributed by atoms with Crippen LogP contribution >= 0.6 is 12.4 Å². The number of imide groups is 1. The third kappa shape index (κ3) is 3.77. The molecule has 3 atom stereocenters. The molecule has 142 valence electrons. The molecule has 8 heteroatoms. The zero-order valence-corrected chi connectivity index (χ0v) is 15.7. The Balaban J connectivity index is 0.00000225. The first-order chi connectivity index (χ1) is 11.3. The van der Waals surface area contributed by atoms with Gasteiger partial charge in [-0.15, -0.1) is 12.4 Å². The van der Waals surface area contributed by atoms with Crippen LogP contribution in [0.3, 0.4) is 0 Å². The van der Waals surface area contributed by atoms with Crippen molar-refractivity contribution < 1.29 is 19.5 Å². The fourth-order valence-corrected chi connectivity index (χ4v) is 4.55. The minimum Gasteiger partial charge on any atom is -0.480 e. The molecule has 0 aromatic rings. The number of halogens is 1. The lowest BCUT2D eigenvalue weighted by atomic mass is 9.85. The van der Waals surface area contributed by atoms with E-state index in [1.54, 1.807) is 13.8 Å². The van der Waals surface area contributed by atoms with Gasteiger partial charge in [-0.3, -0.25) is 19.4 Å². The molecule has 1 saturated carbocycles. The van der Waals surface area contributed by atoms with E-state index in [9.17, 15) is 19.5 Å². The van der Waals surface area contributed by atoms with E-state index < -0.39 is 17.6 Å². The average molecular weight is 374 g/mol. The molecule has 3 rings (SSSR count). The Bertz CT molecular complexity index is 554. The Kier molecular flexibility index (Phi) is 5.99. The smallest absolute Gasteiger partial charge is 0.325 e. The van der Waals surface area contributed by atoms with Crippen LogP contribution in [-0.4, -0.2) is 63.5 Å². The van der Waals surface area contributed by atoms with Gasteiger partial charge in [-0.05, 0) is 45.4 Å². The summed E-state index contributed by atoms with van der Waals surface area (Å²) < 4.78 is 0. The molecule has 3 unspecified atom stereocenters. The topological polar surface area (TPSA) is 90.0 Å². The van der Waals surface area contributed by atoms with Crippen LogP contribution in [0.25, 0.3) is 0 Å². The van der Waals surface area contributed by atoms with Gasteiger partial charge in [0.25, 0.3) is 5.91 Å². The van der Waals surface area contributed by atoms with Crippen molar-refractivity contribution in [2.75, 3.05) is 13.1 Å². The highest BCUT2D eigenvalue weighted by Crippen LogP contribution is 2.39. The number of carboxylic acids is 1. The first kappa shape index (κ1) is 20.0. The maximum Gasteiger partial charge on any atom is 0.325 e. The molecule has 3 fully saturated rings. The molecule has 2 aliphatic heterocycles. The zero-order valence-electron chi connectivity index (χ0n) is 14.9. The highest BCUT2D eigenvalue weighted by atomic mass is 35.5. The molecular weight excluding hydrogens is 346 g/mol. The zero-order chi connectivity index (χ0) is 17.5. The molecule has 0 spiro atoms. The number of aliphatic carboxylic acids is 1. The summed E-state index contributed by atoms with van der Waals surface area (Å²) in [6, 6.07) is -0.422. The second-order valence-corrected chi connectivity index (χ2v) is 7.80. The van der Waals surface area contributed by atoms with Gasteiger partial charge in [-0.25, -0.2) is 4.79 Å². The molecule has 1 aliphatic carbocycles. The van der Waals surface area contributed by atoms with Crippen molar-refractivity contribution in [3.63, 3.8) is 0 Å². The maximum atomic E-state index is 12.2. The maximum absolute atomic E-state index is 12.2. The van der Waals surface area contributed by atoms with Gasteiger partial charge in [0, 0.05) is 19.1 Å². The number of nitrogens with zero attached hydrogens (tertiary/aromatic N) is 2. The first-order valence-electron chi connectivity index (χ1n) is 8.94. The normalized spacial score (nSPS) is 31.4. The standard InChI is InChI=1S/C17H27N3O4.ClH/c1-17(2)15(23)20(16(24)18-17)9-5-8-19-12-7-4-3-6-11(12)10-13(19)14(21)22;/h11-13H,3-10H2,1-2H3,(H,18,24)(H,21,22);1H. The van der Waals surface area contributed by atoms with Crippen LogP contribution in [0.4, 0.5) is 4.79 Å². The van der Waals surface area contributed by atoms with Crippen LogP contribution in [0.15, 0.2) is 0 Å². The first-order valence-corrected chi connectivity index (χ1v) is 8.94. The van der Waals surface area contributed by atoms with E-state index in [2.05, 4.69) is 10.2 Å². The molecule has 2 N–H and O–H groups in total. The van der Waals surface area contributed by atoms with Crippen molar-refractivity contribution in [3.05, 3.63) is 0 Å². The fraction of sp³-hybridized carbons (Fsp3) is 0.824. The van der Waals surface area contributed by atoms with Gasteiger partial charge in [-0.1, -0.05) is 12.8 Å². The van der Waals surface area contributed by atoms with E-state index in [1.165, 1.54) is 11.3 Å². The number of hydrogen-bond acceptors (Lipinski definition) is 4. The van der Waals surface area contributed by atoms with Crippen LogP contribution in [-0.2, 0) is 9.59 Å². The lowest BCUT2D eigenvalue weighted by molar-refractivity contribution is -0.142. The van der Waals surface area contributed by atoms with Gasteiger partial charge >= 0.3 is 12.0 Å². The number of nitrogens with one attached hydrogen (secondary N) is 1. The number of hydrogen-bond donors (Lipinski definition) is 2. The van der Waals surface area contributed by atoms with Crippen LogP contribution in [0.5, 0.6) is 0 Å². The number of likely N-dealkylation sites (tertiary alicyclic amines) is 1. The quantitative estimate of drug-likeness (QED) is 0.718. The summed E-state index contributed by atoms with van der Waals surface area (Å²) in [7, 11) is 0. The molecule has 0 aromatic carbocycles. The number of carbonyl (C=O) groups excluding carboxylic acids is 2. The lowest BCUT2D eigenvalue weighted by Gasteiger charge is -2.33. The lowest BCUT2D eigenvalue weighted by Crippen LogP contribution is -2.44. The van der Waals surface area contributed by atoms with Gasteiger partial charge in [0.05, 0.1) is 0 Å². The number of fused-ring (bicyclic) bond motifs is 1. The van der Waals surface area contributed by atoms with E-state index in [-0.39, 0.29) is 24.3 Å². The Morgan fingerprint density at radius 3 is 2.52 bits per heavy atom. The Morgan fingerprint density at radius 2 is 1.92 bits per heavy atom. The fourth-order valence-electron chi connectivity index (χ4n) is 4.55. The number of rotatable bonds is 5. The van der Waals surface area contributed by atoms with E-state index in [1.807, 2.05) is 0 Å². The second-order valence-electron chi connectivity index (χ2n) is 7.80. The van der Waals surface area contributed by atoms with Crippen LogP contribution < -0.4 is 5.32 Å². The Morgan fingerprint density at radius 1 is 1.24 bits per heavy atom. The minimum absolute atomic E-state index is 0. The average Bonchev–Trinajstić information content (AvgIpc) is 2.97. The van der Waals surface area contributed by atoms with Crippen molar-refractivity contribution in [2.24, 2.45) is 5.92 Å². The highest BCUT2D eigenvalue weighted by Gasteiger charge is 2.46. The summed E-state index contributed by atoms with van der Waals surface area (Å²) in [6.07, 6.45) is 5.87. The monoisotopic (exact) mass is 373 g/mol. The number of carboxylic acid groups (broad SMARTS) is 1. The summed E-state index contributed by atoms with van der Waals surface area (Å²) in [5, 5.41) is 12.2. The summed E-state index contributed by atoms with van der Waals surface area (Å²) >= 11 is 0. The molecule has 3 aliphatic rings. The van der Waals surface area contributed by atoms with Gasteiger partial charge < -0.3 is 10.4 Å². The van der Waals surface area contributed by atoms with Crippen molar-refractivity contribution >= 4 is 30.3 Å². The van der Waals surface area contributed by atoms with E-state index in [0.717, 1.165) is 25.7 Å². The largest absolute Gasteiger partial charge is 0.480 e. The Hall–Kier alpha value is -1.34. The van der Waals surface area contributed by atoms with Gasteiger partial charge in [0.1, 0.15) is 11.6 Å². The van der Waals surface area contributed by atoms with Gasteiger partial charge in [-0.2, -0.15) is 0 Å². The van der Waals surface area contributed by atoms with Gasteiger partial charge in [0.15, 0.2) is 0 Å². The highest BCUT2D eigenvalue weighted by molar-refractivity contribution is 6.06. The summed E-state index contributed by atoms with van der Waals surface area (Å²) in [5.74, 6) is -0.477. The Labute approximate surface area is 154 Å². The number of amides is 3. The van der Waals surface area contributed by atoms with E-state index in [0.29, 0.717) is 31.5 Å². The number of carbonyl (C=O) groups is 3. The second kappa shape index (κ2) is 7.50. The van der Waals surface area contributed by atoms with E-state index in [4.69, 9.17) is 0 Å². The molecule has 3 amide bonds. The number of urea groups is 1. The van der Waals surface area contributed by atoms with Crippen molar-refractivity contribution in [1.29, 1.82) is 0 Å². The summed E-state index contributed by atoms with van der Waals surface area (Å²) in [6.45, 7) is 4.35. The van der Waals surface area contributed by atoms with Crippen LogP contribution in [0.1, 0.15) is 52.4 Å². The third-order valence-corrected chi connectivity index (χ3v) is 5.75. The summed E-state index contributed by atoms with van der Waals surface area (Å²) in [5.41, 5.74) is -0.844. The predicted octanol–water partition coefficient (Wildman–Crippen LogP) is 1.85. The van der Waals surface area contributed by atoms with E-state index >= 15 is 0 Å². The molecular formula is C17H28ClN3O4. The molecule has 0 aromatic heterocycles. The molecule has 2 saturated heterocycles. The van der Waals surface area contributed by atoms with Crippen molar-refractivity contribution in [1.82, 2.24) is 15.1 Å². The predicted molar refractivity (Wildman–Crippen MR) is 94.7 cm³/mol. The van der Waals surface area contributed by atoms with Crippen LogP contribution in [0, 0.1) is 5.92 Å². The third-order valence-electron chi connectivity index (χ3n) is 5.75. The van der Waals surface area contributed by atoms with Crippen LogP contribution in [0.2, 0.25) is 0 Å². The summed E-state index contributed by atoms with van der Waals surface area (Å²) in [4.78, 5) is 39.1. The molecule has 2 heterocycles. The molecule has 0 bridgehead atoms.